The zero-order chi connectivity index (χ0) is 20.4. The molecule has 28 heavy (non-hydrogen) atoms. The van der Waals surface area contributed by atoms with Gasteiger partial charge in [-0.2, -0.15) is 0 Å². The van der Waals surface area contributed by atoms with Crippen molar-refractivity contribution in [3.05, 3.63) is 27.1 Å². The highest BCUT2D eigenvalue weighted by Crippen LogP contribution is 2.27. The Balaban J connectivity index is 1.85. The highest BCUT2D eigenvalue weighted by molar-refractivity contribution is 7.20. The van der Waals surface area contributed by atoms with Crippen LogP contribution in [0.4, 0.5) is 0 Å². The monoisotopic (exact) mass is 404 g/mol. The number of carbonyl (C=O) groups is 2. The maximum atomic E-state index is 13.0. The first kappa shape index (κ1) is 20.5. The zero-order valence-corrected chi connectivity index (χ0v) is 17.8. The summed E-state index contributed by atoms with van der Waals surface area (Å²) < 4.78 is 1.36. The minimum atomic E-state index is -0.264. The molecule has 2 aromatic rings. The molecule has 3 heterocycles. The number of hydrogen-bond acceptors (Lipinski definition) is 5. The Labute approximate surface area is 168 Å². The molecule has 2 amide bonds. The van der Waals surface area contributed by atoms with Crippen LogP contribution in [0, 0.1) is 12.8 Å². The van der Waals surface area contributed by atoms with Crippen LogP contribution in [0.3, 0.4) is 0 Å². The van der Waals surface area contributed by atoms with Gasteiger partial charge in [0.05, 0.1) is 16.6 Å². The van der Waals surface area contributed by atoms with Gasteiger partial charge in [0.15, 0.2) is 0 Å². The normalized spacial score (nSPS) is 16.4. The Hall–Kier alpha value is -2.22. The van der Waals surface area contributed by atoms with Crippen LogP contribution in [-0.2, 0) is 11.3 Å². The van der Waals surface area contributed by atoms with Gasteiger partial charge in [0.2, 0.25) is 5.91 Å². The molecule has 0 saturated carbocycles. The van der Waals surface area contributed by atoms with E-state index in [0.29, 0.717) is 26.6 Å². The molecular weight excluding hydrogens is 376 g/mol. The Morgan fingerprint density at radius 1 is 1.36 bits per heavy atom. The first-order valence-electron chi connectivity index (χ1n) is 9.89. The van der Waals surface area contributed by atoms with Crippen LogP contribution >= 0.6 is 11.3 Å². The van der Waals surface area contributed by atoms with Gasteiger partial charge in [-0.1, -0.05) is 13.8 Å². The number of thiophene rings is 1. The number of fused-ring (bicyclic) bond motifs is 1. The SMILES string of the molecule is CCC(C)NC(=O)c1sc2ncn(CC(=O)N3CCC(C)CC3)c(=O)c2c1C. The van der Waals surface area contributed by atoms with Crippen LogP contribution in [0.1, 0.15) is 55.3 Å². The molecule has 1 aliphatic heterocycles. The number of nitrogens with zero attached hydrogens (tertiary/aromatic N) is 3. The first-order valence-corrected chi connectivity index (χ1v) is 10.7. The summed E-state index contributed by atoms with van der Waals surface area (Å²) in [5.74, 6) is 0.398. The molecule has 3 rings (SSSR count). The molecule has 0 radical (unpaired) electrons. The fraction of sp³-hybridized carbons (Fsp3) is 0.600. The maximum Gasteiger partial charge on any atom is 0.262 e. The van der Waals surface area contributed by atoms with Gasteiger partial charge in [-0.15, -0.1) is 11.3 Å². The van der Waals surface area contributed by atoms with E-state index in [4.69, 9.17) is 0 Å². The van der Waals surface area contributed by atoms with E-state index in [1.807, 2.05) is 18.7 Å². The lowest BCUT2D eigenvalue weighted by Crippen LogP contribution is -2.41. The zero-order valence-electron chi connectivity index (χ0n) is 16.9. The second-order valence-electron chi connectivity index (χ2n) is 7.76. The molecule has 0 aliphatic carbocycles. The van der Waals surface area contributed by atoms with Gasteiger partial charge in [0.25, 0.3) is 11.5 Å². The van der Waals surface area contributed by atoms with E-state index in [1.165, 1.54) is 22.2 Å². The Kier molecular flexibility index (Phi) is 6.17. The standard InChI is InChI=1S/C20H28N4O3S/c1-5-13(3)22-18(26)17-14(4)16-19(28-17)21-11-24(20(16)27)10-15(25)23-8-6-12(2)7-9-23/h11-13H,5-10H2,1-4H3,(H,22,26). The van der Waals surface area contributed by atoms with Gasteiger partial charge in [0.1, 0.15) is 11.4 Å². The number of carbonyl (C=O) groups excluding carboxylic acids is 2. The summed E-state index contributed by atoms with van der Waals surface area (Å²) >= 11 is 1.22. The number of rotatable bonds is 5. The van der Waals surface area contributed by atoms with E-state index < -0.39 is 0 Å². The predicted molar refractivity (Wildman–Crippen MR) is 111 cm³/mol. The highest BCUT2D eigenvalue weighted by atomic mass is 32.1. The fourth-order valence-electron chi connectivity index (χ4n) is 3.38. The lowest BCUT2D eigenvalue weighted by Gasteiger charge is -2.30. The van der Waals surface area contributed by atoms with Gasteiger partial charge in [-0.3, -0.25) is 19.0 Å². The van der Waals surface area contributed by atoms with Crippen LogP contribution < -0.4 is 10.9 Å². The molecule has 1 saturated heterocycles. The average molecular weight is 405 g/mol. The summed E-state index contributed by atoms with van der Waals surface area (Å²) in [6.45, 7) is 9.37. The third-order valence-electron chi connectivity index (χ3n) is 5.56. The quantitative estimate of drug-likeness (QED) is 0.830. The Bertz CT molecular complexity index is 941. The van der Waals surface area contributed by atoms with Crippen molar-refractivity contribution in [3.8, 4) is 0 Å². The Morgan fingerprint density at radius 3 is 2.68 bits per heavy atom. The molecule has 1 unspecified atom stereocenters. The first-order chi connectivity index (χ1) is 13.3. The van der Waals surface area contributed by atoms with Crippen molar-refractivity contribution in [1.82, 2.24) is 19.8 Å². The fourth-order valence-corrected chi connectivity index (χ4v) is 4.43. The van der Waals surface area contributed by atoms with Crippen molar-refractivity contribution in [1.29, 1.82) is 0 Å². The van der Waals surface area contributed by atoms with Crippen LogP contribution in [0.2, 0.25) is 0 Å². The molecule has 2 aromatic heterocycles. The molecule has 1 N–H and O–H groups in total. The smallest absolute Gasteiger partial charge is 0.262 e. The van der Waals surface area contributed by atoms with Gasteiger partial charge >= 0.3 is 0 Å². The molecule has 1 aliphatic rings. The lowest BCUT2D eigenvalue weighted by atomic mass is 9.99. The van der Waals surface area contributed by atoms with Gasteiger partial charge in [0, 0.05) is 19.1 Å². The van der Waals surface area contributed by atoms with Crippen molar-refractivity contribution >= 4 is 33.4 Å². The Morgan fingerprint density at radius 2 is 2.04 bits per heavy atom. The molecule has 0 bridgehead atoms. The summed E-state index contributed by atoms with van der Waals surface area (Å²) in [6.07, 6.45) is 4.24. The number of aromatic nitrogens is 2. The second-order valence-corrected chi connectivity index (χ2v) is 8.76. The number of hydrogen-bond donors (Lipinski definition) is 1. The highest BCUT2D eigenvalue weighted by Gasteiger charge is 2.23. The van der Waals surface area contributed by atoms with E-state index in [2.05, 4.69) is 17.2 Å². The molecule has 152 valence electrons. The molecule has 1 atom stereocenters. The topological polar surface area (TPSA) is 84.3 Å². The van der Waals surface area contributed by atoms with E-state index in [1.54, 1.807) is 6.92 Å². The van der Waals surface area contributed by atoms with E-state index in [0.717, 1.165) is 32.4 Å². The molecule has 0 spiro atoms. The van der Waals surface area contributed by atoms with Crippen LogP contribution in [0.5, 0.6) is 0 Å². The minimum Gasteiger partial charge on any atom is -0.349 e. The van der Waals surface area contributed by atoms with E-state index >= 15 is 0 Å². The summed E-state index contributed by atoms with van der Waals surface area (Å²) in [5.41, 5.74) is 0.368. The van der Waals surface area contributed by atoms with Crippen molar-refractivity contribution in [2.45, 2.75) is 59.5 Å². The van der Waals surface area contributed by atoms with Crippen molar-refractivity contribution < 1.29 is 9.59 Å². The number of likely N-dealkylation sites (tertiary alicyclic amines) is 1. The van der Waals surface area contributed by atoms with Crippen molar-refractivity contribution in [2.24, 2.45) is 5.92 Å². The number of aryl methyl sites for hydroxylation is 1. The predicted octanol–water partition coefficient (Wildman–Crippen LogP) is 2.55. The van der Waals surface area contributed by atoms with E-state index in [-0.39, 0.29) is 30.0 Å². The van der Waals surface area contributed by atoms with Gasteiger partial charge in [-0.25, -0.2) is 4.98 Å². The summed E-state index contributed by atoms with van der Waals surface area (Å²) in [5, 5.41) is 3.37. The molecule has 1 fully saturated rings. The van der Waals surface area contributed by atoms with Crippen molar-refractivity contribution in [2.75, 3.05) is 13.1 Å². The van der Waals surface area contributed by atoms with Crippen LogP contribution in [0.15, 0.2) is 11.1 Å². The third-order valence-corrected chi connectivity index (χ3v) is 6.75. The average Bonchev–Trinajstić information content (AvgIpc) is 3.01. The molecule has 8 heteroatoms. The largest absolute Gasteiger partial charge is 0.349 e. The number of nitrogens with one attached hydrogen (secondary N) is 1. The second kappa shape index (κ2) is 8.43. The van der Waals surface area contributed by atoms with Crippen LogP contribution in [0.25, 0.3) is 10.2 Å². The summed E-state index contributed by atoms with van der Waals surface area (Å²) in [7, 11) is 0. The van der Waals surface area contributed by atoms with Crippen molar-refractivity contribution in [3.63, 3.8) is 0 Å². The van der Waals surface area contributed by atoms with Gasteiger partial charge in [-0.05, 0) is 44.6 Å². The number of piperidine rings is 1. The third kappa shape index (κ3) is 4.11. The molecular formula is C20H28N4O3S. The minimum absolute atomic E-state index is 0.0140. The lowest BCUT2D eigenvalue weighted by molar-refractivity contribution is -0.133. The molecule has 7 nitrogen and oxygen atoms in total. The molecule has 0 aromatic carbocycles. The van der Waals surface area contributed by atoms with Gasteiger partial charge < -0.3 is 10.2 Å². The summed E-state index contributed by atoms with van der Waals surface area (Å²) in [6, 6.07) is 0.0617. The number of amides is 2. The maximum absolute atomic E-state index is 13.0. The van der Waals surface area contributed by atoms with E-state index in [9.17, 15) is 14.4 Å². The summed E-state index contributed by atoms with van der Waals surface area (Å²) in [4.78, 5) is 45.3. The van der Waals surface area contributed by atoms with Crippen LogP contribution in [-0.4, -0.2) is 45.4 Å².